The first-order chi connectivity index (χ1) is 8.89. The van der Waals surface area contributed by atoms with Gasteiger partial charge in [0, 0.05) is 24.5 Å². The van der Waals surface area contributed by atoms with Crippen LogP contribution in [0.2, 0.25) is 0 Å². The largest absolute Gasteiger partial charge is 0.354 e. The summed E-state index contributed by atoms with van der Waals surface area (Å²) in [5, 5.41) is 3.10. The van der Waals surface area contributed by atoms with Crippen LogP contribution in [0.4, 0.5) is 0 Å². The van der Waals surface area contributed by atoms with E-state index in [2.05, 4.69) is 31.2 Å². The van der Waals surface area contributed by atoms with Crippen molar-refractivity contribution in [1.82, 2.24) is 10.2 Å². The third-order valence-corrected chi connectivity index (χ3v) is 4.60. The van der Waals surface area contributed by atoms with Gasteiger partial charge in [-0.15, -0.1) is 0 Å². The van der Waals surface area contributed by atoms with Crippen LogP contribution in [-0.2, 0) is 4.79 Å². The molecule has 19 heavy (non-hydrogen) atoms. The highest BCUT2D eigenvalue weighted by Crippen LogP contribution is 2.35. The topological polar surface area (TPSA) is 58.4 Å². The number of hydrogen-bond acceptors (Lipinski definition) is 3. The summed E-state index contributed by atoms with van der Waals surface area (Å²) in [5.74, 6) is 0.833. The molecule has 1 aliphatic carbocycles. The molecule has 1 aliphatic rings. The van der Waals surface area contributed by atoms with E-state index in [9.17, 15) is 4.79 Å². The van der Waals surface area contributed by atoms with Gasteiger partial charge in [-0.25, -0.2) is 0 Å². The monoisotopic (exact) mass is 269 g/mol. The Kier molecular flexibility index (Phi) is 6.27. The predicted molar refractivity (Wildman–Crippen MR) is 79.9 cm³/mol. The van der Waals surface area contributed by atoms with Gasteiger partial charge in [-0.3, -0.25) is 4.79 Å². The van der Waals surface area contributed by atoms with Gasteiger partial charge in [0.1, 0.15) is 0 Å². The first-order valence-electron chi connectivity index (χ1n) is 7.59. The standard InChI is InChI=1S/C15H31N3O/c1-5-13(16)9-14(19)17-11-15(18(3)4)8-6-7-12(2)10-15/h12-13H,5-11,16H2,1-4H3,(H,17,19). The molecule has 4 heteroatoms. The summed E-state index contributed by atoms with van der Waals surface area (Å²) in [6, 6.07) is -0.0133. The molecular weight excluding hydrogens is 238 g/mol. The molecule has 3 atom stereocenters. The summed E-state index contributed by atoms with van der Waals surface area (Å²) in [7, 11) is 4.25. The summed E-state index contributed by atoms with van der Waals surface area (Å²) in [6.07, 6.45) is 6.19. The fourth-order valence-corrected chi connectivity index (χ4v) is 3.07. The number of nitrogens with two attached hydrogens (primary N) is 1. The van der Waals surface area contributed by atoms with Gasteiger partial charge in [0.25, 0.3) is 0 Å². The highest BCUT2D eigenvalue weighted by atomic mass is 16.1. The normalized spacial score (nSPS) is 29.3. The third-order valence-electron chi connectivity index (χ3n) is 4.60. The molecular formula is C15H31N3O. The van der Waals surface area contributed by atoms with Crippen LogP contribution in [0, 0.1) is 5.92 Å². The van der Waals surface area contributed by atoms with E-state index in [1.807, 2.05) is 6.92 Å². The van der Waals surface area contributed by atoms with Crippen molar-refractivity contribution in [2.24, 2.45) is 11.7 Å². The number of nitrogens with one attached hydrogen (secondary N) is 1. The van der Waals surface area contributed by atoms with Crippen LogP contribution in [0.1, 0.15) is 52.4 Å². The van der Waals surface area contributed by atoms with E-state index in [1.165, 1.54) is 25.7 Å². The Labute approximate surface area is 118 Å². The van der Waals surface area contributed by atoms with Crippen LogP contribution in [0.25, 0.3) is 0 Å². The molecule has 0 radical (unpaired) electrons. The average molecular weight is 269 g/mol. The lowest BCUT2D eigenvalue weighted by Gasteiger charge is -2.45. The van der Waals surface area contributed by atoms with Gasteiger partial charge in [-0.05, 0) is 39.3 Å². The smallest absolute Gasteiger partial charge is 0.221 e. The van der Waals surface area contributed by atoms with Gasteiger partial charge in [-0.2, -0.15) is 0 Å². The number of hydrogen-bond donors (Lipinski definition) is 2. The molecule has 0 aromatic carbocycles. The molecule has 0 aliphatic heterocycles. The number of nitrogens with zero attached hydrogens (tertiary/aromatic N) is 1. The fraction of sp³-hybridized carbons (Fsp3) is 0.933. The molecule has 1 rings (SSSR count). The van der Waals surface area contributed by atoms with E-state index in [0.29, 0.717) is 6.42 Å². The van der Waals surface area contributed by atoms with Crippen molar-refractivity contribution in [1.29, 1.82) is 0 Å². The predicted octanol–water partition coefficient (Wildman–Crippen LogP) is 1.74. The van der Waals surface area contributed by atoms with Gasteiger partial charge in [0.15, 0.2) is 0 Å². The van der Waals surface area contributed by atoms with Crippen molar-refractivity contribution in [3.8, 4) is 0 Å². The van der Waals surface area contributed by atoms with Crippen LogP contribution in [0.3, 0.4) is 0 Å². The molecule has 0 bridgehead atoms. The molecule has 0 heterocycles. The van der Waals surface area contributed by atoms with Gasteiger partial charge >= 0.3 is 0 Å². The molecule has 0 aromatic heterocycles. The summed E-state index contributed by atoms with van der Waals surface area (Å²) in [5.41, 5.74) is 5.95. The second kappa shape index (κ2) is 7.25. The van der Waals surface area contributed by atoms with Crippen molar-refractivity contribution in [3.63, 3.8) is 0 Å². The highest BCUT2D eigenvalue weighted by Gasteiger charge is 2.37. The molecule has 3 N–H and O–H groups in total. The maximum Gasteiger partial charge on any atom is 0.221 e. The molecule has 112 valence electrons. The number of likely N-dealkylation sites (N-methyl/N-ethyl adjacent to an activating group) is 1. The van der Waals surface area contributed by atoms with Crippen LogP contribution < -0.4 is 11.1 Å². The van der Waals surface area contributed by atoms with Crippen molar-refractivity contribution >= 4 is 5.91 Å². The Morgan fingerprint density at radius 1 is 1.53 bits per heavy atom. The summed E-state index contributed by atoms with van der Waals surface area (Å²) in [6.45, 7) is 5.08. The number of rotatable bonds is 6. The Hall–Kier alpha value is -0.610. The van der Waals surface area contributed by atoms with E-state index >= 15 is 0 Å². The average Bonchev–Trinajstić information content (AvgIpc) is 2.36. The second-order valence-corrected chi connectivity index (χ2v) is 6.47. The molecule has 0 saturated heterocycles. The van der Waals surface area contributed by atoms with Gasteiger partial charge in [-0.1, -0.05) is 26.7 Å². The zero-order chi connectivity index (χ0) is 14.5. The van der Waals surface area contributed by atoms with E-state index < -0.39 is 0 Å². The van der Waals surface area contributed by atoms with Crippen LogP contribution >= 0.6 is 0 Å². The lowest BCUT2D eigenvalue weighted by Crippen LogP contribution is -2.55. The zero-order valence-electron chi connectivity index (χ0n) is 13.0. The van der Waals surface area contributed by atoms with Crippen LogP contribution in [0.5, 0.6) is 0 Å². The van der Waals surface area contributed by atoms with Crippen molar-refractivity contribution in [3.05, 3.63) is 0 Å². The third kappa shape index (κ3) is 4.77. The summed E-state index contributed by atoms with van der Waals surface area (Å²) >= 11 is 0. The molecule has 0 aromatic rings. The molecule has 1 saturated carbocycles. The number of amides is 1. The Balaban J connectivity index is 2.52. The zero-order valence-corrected chi connectivity index (χ0v) is 13.0. The van der Waals surface area contributed by atoms with E-state index in [1.54, 1.807) is 0 Å². The van der Waals surface area contributed by atoms with Crippen molar-refractivity contribution < 1.29 is 4.79 Å². The van der Waals surface area contributed by atoms with Gasteiger partial charge in [0.05, 0.1) is 0 Å². The quantitative estimate of drug-likeness (QED) is 0.772. The SMILES string of the molecule is CCC(N)CC(=O)NCC1(N(C)C)CCCC(C)C1. The first-order valence-corrected chi connectivity index (χ1v) is 7.59. The fourth-order valence-electron chi connectivity index (χ4n) is 3.07. The highest BCUT2D eigenvalue weighted by molar-refractivity contribution is 5.76. The molecule has 1 fully saturated rings. The Morgan fingerprint density at radius 2 is 2.21 bits per heavy atom. The lowest BCUT2D eigenvalue weighted by atomic mass is 9.75. The molecule has 0 spiro atoms. The van der Waals surface area contributed by atoms with Gasteiger partial charge < -0.3 is 16.0 Å². The minimum atomic E-state index is -0.0133. The molecule has 4 nitrogen and oxygen atoms in total. The number of carbonyl (C=O) groups excluding carboxylic acids is 1. The summed E-state index contributed by atoms with van der Waals surface area (Å²) in [4.78, 5) is 14.2. The van der Waals surface area contributed by atoms with Crippen LogP contribution in [-0.4, -0.2) is 43.0 Å². The Bertz CT molecular complexity index is 293. The van der Waals surface area contributed by atoms with Gasteiger partial charge in [0.2, 0.25) is 5.91 Å². The van der Waals surface area contributed by atoms with Crippen molar-refractivity contribution in [2.75, 3.05) is 20.6 Å². The molecule has 3 unspecified atom stereocenters. The maximum atomic E-state index is 11.9. The maximum absolute atomic E-state index is 11.9. The number of carbonyl (C=O) groups is 1. The minimum Gasteiger partial charge on any atom is -0.354 e. The van der Waals surface area contributed by atoms with Crippen molar-refractivity contribution in [2.45, 2.75) is 64.0 Å². The first kappa shape index (κ1) is 16.4. The summed E-state index contributed by atoms with van der Waals surface area (Å²) < 4.78 is 0. The van der Waals surface area contributed by atoms with E-state index in [0.717, 1.165) is 18.9 Å². The van der Waals surface area contributed by atoms with E-state index in [-0.39, 0.29) is 17.5 Å². The minimum absolute atomic E-state index is 0.0133. The lowest BCUT2D eigenvalue weighted by molar-refractivity contribution is -0.122. The second-order valence-electron chi connectivity index (χ2n) is 6.47. The van der Waals surface area contributed by atoms with Crippen LogP contribution in [0.15, 0.2) is 0 Å². The molecule has 1 amide bonds. The Morgan fingerprint density at radius 3 is 2.74 bits per heavy atom. The van der Waals surface area contributed by atoms with E-state index in [4.69, 9.17) is 5.73 Å².